The Balaban J connectivity index is 0.000000682. The number of carbonyl (C=O) groups excluding carboxylic acids is 4. The van der Waals surface area contributed by atoms with Gasteiger partial charge in [-0.1, -0.05) is 56.3 Å². The molecule has 236 valence electrons. The van der Waals surface area contributed by atoms with E-state index in [1.807, 2.05) is 71.9 Å². The molecule has 0 saturated heterocycles. The first kappa shape index (κ1) is 38.6. The quantitative estimate of drug-likeness (QED) is 0.135. The number of aromatic hydroxyl groups is 1. The topological polar surface area (TPSA) is 125 Å². The van der Waals surface area contributed by atoms with Crippen molar-refractivity contribution in [2.75, 3.05) is 27.4 Å². The highest BCUT2D eigenvalue weighted by atomic mass is 16.6. The van der Waals surface area contributed by atoms with Gasteiger partial charge in [-0.25, -0.2) is 9.59 Å². The highest BCUT2D eigenvalue weighted by molar-refractivity contribution is 5.87. The summed E-state index contributed by atoms with van der Waals surface area (Å²) in [6, 6.07) is 16.0. The Labute approximate surface area is 255 Å². The molecule has 9 nitrogen and oxygen atoms in total. The Morgan fingerprint density at radius 1 is 0.651 bits per heavy atom. The number of phenolic OH excluding ortho intramolecular Hbond substituents is 1. The maximum Gasteiger partial charge on any atom is 0.330 e. The van der Waals surface area contributed by atoms with E-state index in [4.69, 9.17) is 14.6 Å². The van der Waals surface area contributed by atoms with E-state index in [1.165, 1.54) is 26.4 Å². The molecule has 0 aromatic heterocycles. The number of benzene rings is 2. The zero-order valence-electron chi connectivity index (χ0n) is 26.5. The van der Waals surface area contributed by atoms with Crippen molar-refractivity contribution in [3.8, 4) is 5.75 Å². The minimum absolute atomic E-state index is 0.0590. The van der Waals surface area contributed by atoms with Crippen LogP contribution in [0.25, 0.3) is 12.2 Å². The molecule has 0 saturated carbocycles. The summed E-state index contributed by atoms with van der Waals surface area (Å²) in [5, 5.41) is 8.96. The third kappa shape index (κ3) is 17.2. The highest BCUT2D eigenvalue weighted by Crippen LogP contribution is 2.21. The molecule has 0 bridgehead atoms. The molecule has 0 spiro atoms. The monoisotopic (exact) mass is 598 g/mol. The van der Waals surface area contributed by atoms with Crippen LogP contribution >= 0.6 is 0 Å². The van der Waals surface area contributed by atoms with Crippen LogP contribution in [0.3, 0.4) is 0 Å². The second-order valence-corrected chi connectivity index (χ2v) is 10.5. The first-order valence-corrected chi connectivity index (χ1v) is 13.9. The van der Waals surface area contributed by atoms with Crippen molar-refractivity contribution in [1.82, 2.24) is 0 Å². The van der Waals surface area contributed by atoms with Crippen LogP contribution in [0.1, 0.15) is 65.5 Å². The van der Waals surface area contributed by atoms with Gasteiger partial charge in [0.15, 0.2) is 0 Å². The fourth-order valence-electron chi connectivity index (χ4n) is 2.63. The maximum absolute atomic E-state index is 11.7. The normalized spacial score (nSPS) is 11.0. The minimum Gasteiger partial charge on any atom is -0.508 e. The van der Waals surface area contributed by atoms with E-state index in [-0.39, 0.29) is 36.3 Å². The summed E-state index contributed by atoms with van der Waals surface area (Å²) in [6.45, 7) is 11.4. The van der Waals surface area contributed by atoms with Gasteiger partial charge >= 0.3 is 23.9 Å². The number of carbonyl (C=O) groups is 4. The van der Waals surface area contributed by atoms with E-state index < -0.39 is 17.4 Å². The summed E-state index contributed by atoms with van der Waals surface area (Å²) in [5.41, 5.74) is 0.945. The van der Waals surface area contributed by atoms with Gasteiger partial charge < -0.3 is 24.1 Å². The van der Waals surface area contributed by atoms with Gasteiger partial charge in [0.05, 0.1) is 25.0 Å². The van der Waals surface area contributed by atoms with Crippen LogP contribution in [0.4, 0.5) is 0 Å². The van der Waals surface area contributed by atoms with Crippen LogP contribution in [0, 0.1) is 10.8 Å². The van der Waals surface area contributed by atoms with Crippen molar-refractivity contribution >= 4 is 36.0 Å². The van der Waals surface area contributed by atoms with E-state index in [2.05, 4.69) is 9.47 Å². The molecule has 43 heavy (non-hydrogen) atoms. The van der Waals surface area contributed by atoms with E-state index in [0.29, 0.717) is 6.42 Å². The van der Waals surface area contributed by atoms with Crippen molar-refractivity contribution in [3.05, 3.63) is 77.9 Å². The molecule has 2 rings (SSSR count). The van der Waals surface area contributed by atoms with Crippen molar-refractivity contribution in [1.29, 1.82) is 0 Å². The van der Waals surface area contributed by atoms with Crippen LogP contribution in [-0.4, -0.2) is 56.4 Å². The molecule has 0 unspecified atom stereocenters. The van der Waals surface area contributed by atoms with Gasteiger partial charge in [-0.2, -0.15) is 0 Å². The second kappa shape index (κ2) is 20.5. The number of ether oxygens (including phenoxy) is 4. The van der Waals surface area contributed by atoms with E-state index >= 15 is 0 Å². The van der Waals surface area contributed by atoms with Crippen LogP contribution in [0.2, 0.25) is 0 Å². The third-order valence-electron chi connectivity index (χ3n) is 6.34. The Morgan fingerprint density at radius 3 is 1.58 bits per heavy atom. The fourth-order valence-corrected chi connectivity index (χ4v) is 2.63. The Bertz CT molecular complexity index is 1180. The molecule has 0 aliphatic heterocycles. The number of hydrogen-bond acceptors (Lipinski definition) is 9. The summed E-state index contributed by atoms with van der Waals surface area (Å²) >= 11 is 0. The van der Waals surface area contributed by atoms with Crippen molar-refractivity contribution in [2.45, 2.75) is 54.4 Å². The van der Waals surface area contributed by atoms with E-state index in [1.54, 1.807) is 36.4 Å². The molecule has 1 N–H and O–H groups in total. The second-order valence-electron chi connectivity index (χ2n) is 10.5. The Kier molecular flexibility index (Phi) is 18.4. The highest BCUT2D eigenvalue weighted by Gasteiger charge is 2.27. The predicted octanol–water partition coefficient (Wildman–Crippen LogP) is 6.40. The lowest BCUT2D eigenvalue weighted by Crippen LogP contribution is -2.27. The van der Waals surface area contributed by atoms with Crippen LogP contribution < -0.4 is 0 Å². The lowest BCUT2D eigenvalue weighted by atomic mass is 9.91. The van der Waals surface area contributed by atoms with Crippen molar-refractivity contribution in [3.63, 3.8) is 0 Å². The summed E-state index contributed by atoms with van der Waals surface area (Å²) in [5.74, 6) is -1.06. The minimum atomic E-state index is -0.503. The summed E-state index contributed by atoms with van der Waals surface area (Å²) in [4.78, 5) is 44.7. The maximum atomic E-state index is 11.7. The average molecular weight is 599 g/mol. The van der Waals surface area contributed by atoms with Gasteiger partial charge in [-0.05, 0) is 75.9 Å². The molecular formula is C34H46O9. The lowest BCUT2D eigenvalue weighted by molar-refractivity contribution is -0.157. The van der Waals surface area contributed by atoms with Crippen molar-refractivity contribution < 1.29 is 43.2 Å². The standard InChI is InChI=1S/C17H22O4.C10H10O3.C7H14O2/c1-4-17(2,3)16(19)21-13-12-20-15(18)11-10-14-8-6-5-7-9-14;1-13-10(12)7-4-8-2-5-9(11)6-3-8;1-5-7(2,3)6(8)9-4/h5-11H,4,12-13H2,1-3H3;2-7,11H,1H3;5H2,1-4H3/b11-10+;7-4+;. The Morgan fingerprint density at radius 2 is 1.12 bits per heavy atom. The van der Waals surface area contributed by atoms with Gasteiger partial charge in [0.2, 0.25) is 0 Å². The largest absolute Gasteiger partial charge is 0.508 e. The van der Waals surface area contributed by atoms with Gasteiger partial charge in [0.1, 0.15) is 19.0 Å². The van der Waals surface area contributed by atoms with Crippen LogP contribution in [0.15, 0.2) is 66.7 Å². The first-order valence-electron chi connectivity index (χ1n) is 13.9. The average Bonchev–Trinajstić information content (AvgIpc) is 3.02. The molecule has 0 aliphatic carbocycles. The van der Waals surface area contributed by atoms with Gasteiger partial charge in [-0.3, -0.25) is 9.59 Å². The lowest BCUT2D eigenvalue weighted by Gasteiger charge is -2.20. The molecule has 0 heterocycles. The third-order valence-corrected chi connectivity index (χ3v) is 6.34. The number of rotatable bonds is 11. The fraction of sp³-hybridized carbons (Fsp3) is 0.412. The van der Waals surface area contributed by atoms with Gasteiger partial charge in [0, 0.05) is 12.2 Å². The van der Waals surface area contributed by atoms with Gasteiger partial charge in [-0.15, -0.1) is 0 Å². The summed E-state index contributed by atoms with van der Waals surface area (Å²) in [6.07, 6.45) is 7.49. The van der Waals surface area contributed by atoms with Gasteiger partial charge in [0.25, 0.3) is 0 Å². The number of methoxy groups -OCH3 is 2. The number of phenols is 1. The van der Waals surface area contributed by atoms with Crippen LogP contribution in [0.5, 0.6) is 5.75 Å². The smallest absolute Gasteiger partial charge is 0.330 e. The van der Waals surface area contributed by atoms with Crippen molar-refractivity contribution in [2.24, 2.45) is 10.8 Å². The number of esters is 4. The molecule has 0 fully saturated rings. The Hall–Kier alpha value is -4.40. The molecule has 0 aliphatic rings. The SMILES string of the molecule is CCC(C)(C)C(=O)OC.CCC(C)(C)C(=O)OCCOC(=O)/C=C/c1ccccc1.COC(=O)/C=C/c1ccc(O)cc1. The molecule has 0 radical (unpaired) electrons. The molecular weight excluding hydrogens is 552 g/mol. The zero-order valence-corrected chi connectivity index (χ0v) is 26.5. The molecule has 0 atom stereocenters. The van der Waals surface area contributed by atoms with Crippen LogP contribution in [-0.2, 0) is 38.1 Å². The van der Waals surface area contributed by atoms with E-state index in [0.717, 1.165) is 17.5 Å². The summed E-state index contributed by atoms with van der Waals surface area (Å²) in [7, 11) is 2.74. The van der Waals surface area contributed by atoms with E-state index in [9.17, 15) is 19.2 Å². The zero-order chi connectivity index (χ0) is 32.9. The number of hydrogen-bond donors (Lipinski definition) is 1. The molecule has 2 aromatic rings. The molecule has 0 amide bonds. The molecule has 2 aromatic carbocycles. The molecule has 9 heteroatoms. The first-order chi connectivity index (χ1) is 20.2. The predicted molar refractivity (Wildman–Crippen MR) is 167 cm³/mol. The summed E-state index contributed by atoms with van der Waals surface area (Å²) < 4.78 is 19.0.